The maximum atomic E-state index is 12.7. The first-order chi connectivity index (χ1) is 12.3. The standard InChI is InChI=1S/C17H28N2O5S2/c1-3-24-14-4-11-18-25(20,21)16-5-7-17(8-6-16)26(22,23)19-12-9-15(2)10-13-19/h5-8,15,18H,3-4,9-14H2,1-2H3. The molecule has 1 aliphatic rings. The number of benzene rings is 1. The van der Waals surface area contributed by atoms with Crippen molar-refractivity contribution in [1.82, 2.24) is 9.03 Å². The van der Waals surface area contributed by atoms with Crippen molar-refractivity contribution in [1.29, 1.82) is 0 Å². The summed E-state index contributed by atoms with van der Waals surface area (Å²) in [5.41, 5.74) is 0. The van der Waals surface area contributed by atoms with E-state index in [1.807, 2.05) is 6.92 Å². The van der Waals surface area contributed by atoms with E-state index in [-0.39, 0.29) is 16.3 Å². The summed E-state index contributed by atoms with van der Waals surface area (Å²) in [5.74, 6) is 0.530. The fourth-order valence-electron chi connectivity index (χ4n) is 2.77. The molecule has 1 aliphatic heterocycles. The summed E-state index contributed by atoms with van der Waals surface area (Å²) in [6.45, 7) is 6.36. The number of hydrogen-bond acceptors (Lipinski definition) is 5. The molecule has 0 unspecified atom stereocenters. The summed E-state index contributed by atoms with van der Waals surface area (Å²) in [7, 11) is -7.23. The Bertz CT molecular complexity index is 768. The Balaban J connectivity index is 2.02. The van der Waals surface area contributed by atoms with E-state index in [1.165, 1.54) is 28.6 Å². The van der Waals surface area contributed by atoms with Crippen molar-refractivity contribution >= 4 is 20.0 Å². The first-order valence-corrected chi connectivity index (χ1v) is 11.9. The Morgan fingerprint density at radius 3 is 2.23 bits per heavy atom. The summed E-state index contributed by atoms with van der Waals surface area (Å²) in [6, 6.07) is 5.40. The molecule has 7 nitrogen and oxygen atoms in total. The third kappa shape index (κ3) is 5.50. The van der Waals surface area contributed by atoms with E-state index >= 15 is 0 Å². The molecule has 1 saturated heterocycles. The summed E-state index contributed by atoms with van der Waals surface area (Å²) >= 11 is 0. The van der Waals surface area contributed by atoms with Crippen LogP contribution in [0.3, 0.4) is 0 Å². The van der Waals surface area contributed by atoms with Crippen LogP contribution in [-0.2, 0) is 24.8 Å². The van der Waals surface area contributed by atoms with Crippen LogP contribution in [0.4, 0.5) is 0 Å². The van der Waals surface area contributed by atoms with Gasteiger partial charge in [-0.3, -0.25) is 0 Å². The van der Waals surface area contributed by atoms with Crippen molar-refractivity contribution in [3.8, 4) is 0 Å². The first kappa shape index (κ1) is 21.3. The van der Waals surface area contributed by atoms with Crippen LogP contribution in [0.1, 0.15) is 33.1 Å². The summed E-state index contributed by atoms with van der Waals surface area (Å²) in [5, 5.41) is 0. The fourth-order valence-corrected chi connectivity index (χ4v) is 5.32. The zero-order chi connectivity index (χ0) is 19.2. The zero-order valence-corrected chi connectivity index (χ0v) is 17.0. The minimum absolute atomic E-state index is 0.0557. The topological polar surface area (TPSA) is 92.8 Å². The van der Waals surface area contributed by atoms with E-state index < -0.39 is 20.0 Å². The molecule has 0 spiro atoms. The molecule has 0 saturated carbocycles. The minimum Gasteiger partial charge on any atom is -0.382 e. The number of sulfonamides is 2. The van der Waals surface area contributed by atoms with Crippen molar-refractivity contribution in [3.63, 3.8) is 0 Å². The van der Waals surface area contributed by atoms with Gasteiger partial charge < -0.3 is 4.74 Å². The van der Waals surface area contributed by atoms with Crippen LogP contribution in [-0.4, -0.2) is 54.0 Å². The predicted octanol–water partition coefficient (Wildman–Crippen LogP) is 1.81. The molecule has 1 N–H and O–H groups in total. The van der Waals surface area contributed by atoms with Crippen LogP contribution in [0, 0.1) is 5.92 Å². The lowest BCUT2D eigenvalue weighted by Crippen LogP contribution is -2.37. The lowest BCUT2D eigenvalue weighted by molar-refractivity contribution is 0.146. The van der Waals surface area contributed by atoms with Crippen molar-refractivity contribution in [3.05, 3.63) is 24.3 Å². The average Bonchev–Trinajstić information content (AvgIpc) is 2.62. The zero-order valence-electron chi connectivity index (χ0n) is 15.3. The molecule has 0 aliphatic carbocycles. The van der Waals surface area contributed by atoms with Gasteiger partial charge in [0.2, 0.25) is 20.0 Å². The largest absolute Gasteiger partial charge is 0.382 e. The van der Waals surface area contributed by atoms with Gasteiger partial charge in [-0.05, 0) is 56.4 Å². The van der Waals surface area contributed by atoms with E-state index in [0.717, 1.165) is 12.8 Å². The number of nitrogens with one attached hydrogen (secondary N) is 1. The second kappa shape index (κ2) is 9.27. The number of piperidine rings is 1. The van der Waals surface area contributed by atoms with Crippen LogP contribution >= 0.6 is 0 Å². The minimum atomic E-state index is -3.66. The highest BCUT2D eigenvalue weighted by atomic mass is 32.2. The molecule has 1 aromatic rings. The van der Waals surface area contributed by atoms with E-state index in [9.17, 15) is 16.8 Å². The highest BCUT2D eigenvalue weighted by Gasteiger charge is 2.28. The molecule has 0 amide bonds. The third-order valence-electron chi connectivity index (χ3n) is 4.48. The summed E-state index contributed by atoms with van der Waals surface area (Å²) in [4.78, 5) is 0.183. The predicted molar refractivity (Wildman–Crippen MR) is 99.9 cm³/mol. The normalized spacial score (nSPS) is 17.5. The van der Waals surface area contributed by atoms with Crippen molar-refractivity contribution in [2.45, 2.75) is 42.9 Å². The SMILES string of the molecule is CCOCCCNS(=O)(=O)c1ccc(S(=O)(=O)N2CCC(C)CC2)cc1. The van der Waals surface area contributed by atoms with Crippen LogP contribution in [0.5, 0.6) is 0 Å². The number of nitrogens with zero attached hydrogens (tertiary/aromatic N) is 1. The molecule has 0 atom stereocenters. The van der Waals surface area contributed by atoms with E-state index in [1.54, 1.807) is 0 Å². The highest BCUT2D eigenvalue weighted by molar-refractivity contribution is 7.89. The van der Waals surface area contributed by atoms with Gasteiger partial charge in [-0.2, -0.15) is 4.31 Å². The second-order valence-corrected chi connectivity index (χ2v) is 10.2. The molecule has 1 aromatic carbocycles. The summed E-state index contributed by atoms with van der Waals surface area (Å²) in [6.07, 6.45) is 2.27. The Labute approximate surface area is 156 Å². The summed E-state index contributed by atoms with van der Waals surface area (Å²) < 4.78 is 59.0. The van der Waals surface area contributed by atoms with Gasteiger partial charge in [0.05, 0.1) is 9.79 Å². The monoisotopic (exact) mass is 404 g/mol. The Kier molecular flexibility index (Phi) is 7.60. The molecular formula is C17H28N2O5S2. The van der Waals surface area contributed by atoms with Gasteiger partial charge in [0.15, 0.2) is 0 Å². The molecule has 148 valence electrons. The second-order valence-electron chi connectivity index (χ2n) is 6.51. The first-order valence-electron chi connectivity index (χ1n) is 8.95. The number of ether oxygens (including phenoxy) is 1. The van der Waals surface area contributed by atoms with Crippen molar-refractivity contribution in [2.75, 3.05) is 32.8 Å². The molecule has 1 heterocycles. The van der Waals surface area contributed by atoms with Crippen LogP contribution in [0.25, 0.3) is 0 Å². The van der Waals surface area contributed by atoms with Gasteiger partial charge in [0.25, 0.3) is 0 Å². The van der Waals surface area contributed by atoms with Gasteiger partial charge in [-0.25, -0.2) is 21.6 Å². The Morgan fingerprint density at radius 2 is 1.65 bits per heavy atom. The van der Waals surface area contributed by atoms with Gasteiger partial charge in [0, 0.05) is 32.8 Å². The molecule has 2 rings (SSSR count). The molecule has 1 fully saturated rings. The lowest BCUT2D eigenvalue weighted by Gasteiger charge is -2.29. The molecule has 9 heteroatoms. The van der Waals surface area contributed by atoms with Crippen LogP contribution in [0.15, 0.2) is 34.1 Å². The third-order valence-corrected chi connectivity index (χ3v) is 7.87. The highest BCUT2D eigenvalue weighted by Crippen LogP contribution is 2.24. The molecular weight excluding hydrogens is 376 g/mol. The van der Waals surface area contributed by atoms with Gasteiger partial charge in [0.1, 0.15) is 0 Å². The van der Waals surface area contributed by atoms with Crippen LogP contribution in [0.2, 0.25) is 0 Å². The lowest BCUT2D eigenvalue weighted by atomic mass is 10.0. The van der Waals surface area contributed by atoms with E-state index in [4.69, 9.17) is 4.74 Å². The molecule has 0 radical (unpaired) electrons. The number of hydrogen-bond donors (Lipinski definition) is 1. The van der Waals surface area contributed by atoms with E-state index in [0.29, 0.717) is 38.6 Å². The molecule has 0 bridgehead atoms. The van der Waals surface area contributed by atoms with Crippen LogP contribution < -0.4 is 4.72 Å². The average molecular weight is 405 g/mol. The maximum Gasteiger partial charge on any atom is 0.243 e. The number of rotatable bonds is 9. The van der Waals surface area contributed by atoms with Gasteiger partial charge >= 0.3 is 0 Å². The fraction of sp³-hybridized carbons (Fsp3) is 0.647. The smallest absolute Gasteiger partial charge is 0.243 e. The van der Waals surface area contributed by atoms with Crippen molar-refractivity contribution < 1.29 is 21.6 Å². The maximum absolute atomic E-state index is 12.7. The van der Waals surface area contributed by atoms with Crippen molar-refractivity contribution in [2.24, 2.45) is 5.92 Å². The quantitative estimate of drug-likeness (QED) is 0.634. The molecule has 0 aromatic heterocycles. The molecule has 26 heavy (non-hydrogen) atoms. The Morgan fingerprint density at radius 1 is 1.08 bits per heavy atom. The van der Waals surface area contributed by atoms with Gasteiger partial charge in [-0.1, -0.05) is 6.92 Å². The van der Waals surface area contributed by atoms with E-state index in [2.05, 4.69) is 11.6 Å². The Hall–Kier alpha value is -1.00. The van der Waals surface area contributed by atoms with Gasteiger partial charge in [-0.15, -0.1) is 0 Å².